The van der Waals surface area contributed by atoms with Gasteiger partial charge in [0, 0.05) is 32.1 Å². The summed E-state index contributed by atoms with van der Waals surface area (Å²) in [5.74, 6) is 1.29. The molecule has 7 nitrogen and oxygen atoms in total. The maximum absolute atomic E-state index is 11.7. The van der Waals surface area contributed by atoms with E-state index in [1.54, 1.807) is 11.8 Å². The maximum atomic E-state index is 11.7. The van der Waals surface area contributed by atoms with Crippen molar-refractivity contribution in [1.29, 1.82) is 0 Å². The summed E-state index contributed by atoms with van der Waals surface area (Å²) in [5, 5.41) is 7.08. The Labute approximate surface area is 118 Å². The van der Waals surface area contributed by atoms with E-state index in [1.807, 2.05) is 20.8 Å². The van der Waals surface area contributed by atoms with Gasteiger partial charge in [0.15, 0.2) is 5.82 Å². The van der Waals surface area contributed by atoms with Crippen molar-refractivity contribution in [3.63, 3.8) is 0 Å². The van der Waals surface area contributed by atoms with Crippen LogP contribution in [-0.4, -0.2) is 52.4 Å². The molecule has 1 amide bonds. The molecule has 1 aliphatic rings. The number of nitrogens with zero attached hydrogens (tertiary/aromatic N) is 3. The highest BCUT2D eigenvalue weighted by molar-refractivity contribution is 5.69. The van der Waals surface area contributed by atoms with Crippen molar-refractivity contribution < 1.29 is 14.1 Å². The Morgan fingerprint density at radius 3 is 2.75 bits per heavy atom. The zero-order valence-electron chi connectivity index (χ0n) is 12.5. The van der Waals surface area contributed by atoms with Crippen LogP contribution < -0.4 is 5.32 Å². The number of carbonyl (C=O) groups excluding carboxylic acids is 1. The summed E-state index contributed by atoms with van der Waals surface area (Å²) in [6.45, 7) is 9.52. The minimum Gasteiger partial charge on any atom is -0.444 e. The quantitative estimate of drug-likeness (QED) is 0.891. The molecule has 0 spiro atoms. The second-order valence-corrected chi connectivity index (χ2v) is 6.02. The van der Waals surface area contributed by atoms with Gasteiger partial charge in [-0.25, -0.2) is 4.79 Å². The molecule has 7 heteroatoms. The third kappa shape index (κ3) is 4.19. The van der Waals surface area contributed by atoms with Crippen LogP contribution in [0.2, 0.25) is 0 Å². The van der Waals surface area contributed by atoms with Crippen molar-refractivity contribution >= 4 is 6.09 Å². The summed E-state index contributed by atoms with van der Waals surface area (Å²) >= 11 is 0. The summed E-state index contributed by atoms with van der Waals surface area (Å²) < 4.78 is 10.3. The molecule has 2 heterocycles. The summed E-state index contributed by atoms with van der Waals surface area (Å²) in [4.78, 5) is 17.6. The molecule has 2 rings (SSSR count). The van der Waals surface area contributed by atoms with Crippen LogP contribution in [0.5, 0.6) is 0 Å². The van der Waals surface area contributed by atoms with Crippen molar-refractivity contribution in [1.82, 2.24) is 20.4 Å². The molecule has 1 aromatic rings. The Bertz CT molecular complexity index is 460. The molecule has 1 saturated heterocycles. The second-order valence-electron chi connectivity index (χ2n) is 6.02. The van der Waals surface area contributed by atoms with Gasteiger partial charge in [-0.2, -0.15) is 4.98 Å². The van der Waals surface area contributed by atoms with Gasteiger partial charge in [0.05, 0.1) is 0 Å². The minimum atomic E-state index is -0.439. The molecular formula is C13H22N4O3. The van der Waals surface area contributed by atoms with E-state index in [1.165, 1.54) is 0 Å². The highest BCUT2D eigenvalue weighted by Crippen LogP contribution is 2.15. The van der Waals surface area contributed by atoms with E-state index >= 15 is 0 Å². The van der Waals surface area contributed by atoms with Crippen molar-refractivity contribution in [2.24, 2.45) is 0 Å². The van der Waals surface area contributed by atoms with Crippen molar-refractivity contribution in [2.75, 3.05) is 19.6 Å². The normalized spacial score (nSPS) is 16.1. The van der Waals surface area contributed by atoms with E-state index in [4.69, 9.17) is 9.26 Å². The fourth-order valence-electron chi connectivity index (χ4n) is 1.91. The van der Waals surface area contributed by atoms with E-state index < -0.39 is 5.60 Å². The molecule has 1 aromatic heterocycles. The fourth-order valence-corrected chi connectivity index (χ4v) is 1.91. The molecule has 0 aliphatic carbocycles. The van der Waals surface area contributed by atoms with E-state index in [0.29, 0.717) is 37.3 Å². The van der Waals surface area contributed by atoms with E-state index in [0.717, 1.165) is 6.54 Å². The van der Waals surface area contributed by atoms with Crippen molar-refractivity contribution in [2.45, 2.75) is 45.8 Å². The number of hydrogen-bond donors (Lipinski definition) is 1. The topological polar surface area (TPSA) is 80.5 Å². The van der Waals surface area contributed by atoms with E-state index in [9.17, 15) is 4.79 Å². The van der Waals surface area contributed by atoms with Gasteiger partial charge < -0.3 is 19.5 Å². The van der Waals surface area contributed by atoms with Crippen LogP contribution in [0.25, 0.3) is 0 Å². The lowest BCUT2D eigenvalue weighted by Crippen LogP contribution is -2.60. The Morgan fingerprint density at radius 1 is 1.50 bits per heavy atom. The van der Waals surface area contributed by atoms with E-state index in [2.05, 4.69) is 15.5 Å². The van der Waals surface area contributed by atoms with Gasteiger partial charge in [0.1, 0.15) is 5.60 Å². The average molecular weight is 282 g/mol. The molecule has 1 fully saturated rings. The lowest BCUT2D eigenvalue weighted by molar-refractivity contribution is 0.00537. The Kier molecular flexibility index (Phi) is 4.27. The van der Waals surface area contributed by atoms with Gasteiger partial charge in [0.2, 0.25) is 5.89 Å². The SMILES string of the molecule is Cc1noc(CCNC2CN(C(=O)OC(C)(C)C)C2)n1. The summed E-state index contributed by atoms with van der Waals surface area (Å²) in [6.07, 6.45) is 0.451. The van der Waals surface area contributed by atoms with Gasteiger partial charge in [-0.05, 0) is 27.7 Å². The first-order valence-electron chi connectivity index (χ1n) is 6.84. The standard InChI is InChI=1S/C13H22N4O3/c1-9-15-11(20-16-9)5-6-14-10-7-17(8-10)12(18)19-13(2,3)4/h10,14H,5-8H2,1-4H3. The largest absolute Gasteiger partial charge is 0.444 e. The fraction of sp³-hybridized carbons (Fsp3) is 0.769. The summed E-state index contributed by atoms with van der Waals surface area (Å²) in [5.41, 5.74) is -0.439. The van der Waals surface area contributed by atoms with Crippen LogP contribution in [0.3, 0.4) is 0 Å². The molecule has 0 saturated carbocycles. The first kappa shape index (κ1) is 14.8. The average Bonchev–Trinajstić information content (AvgIpc) is 2.64. The Morgan fingerprint density at radius 2 is 2.20 bits per heavy atom. The van der Waals surface area contributed by atoms with Crippen LogP contribution >= 0.6 is 0 Å². The van der Waals surface area contributed by atoms with Gasteiger partial charge in [0.25, 0.3) is 0 Å². The van der Waals surface area contributed by atoms with Crippen LogP contribution in [0.1, 0.15) is 32.5 Å². The van der Waals surface area contributed by atoms with Gasteiger partial charge >= 0.3 is 6.09 Å². The first-order chi connectivity index (χ1) is 9.33. The number of carbonyl (C=O) groups is 1. The highest BCUT2D eigenvalue weighted by atomic mass is 16.6. The number of amides is 1. The molecule has 112 valence electrons. The number of likely N-dealkylation sites (tertiary alicyclic amines) is 1. The third-order valence-electron chi connectivity index (χ3n) is 2.87. The monoisotopic (exact) mass is 282 g/mol. The van der Waals surface area contributed by atoms with Gasteiger partial charge in [-0.15, -0.1) is 0 Å². The highest BCUT2D eigenvalue weighted by Gasteiger charge is 2.33. The Hall–Kier alpha value is -1.63. The lowest BCUT2D eigenvalue weighted by Gasteiger charge is -2.40. The third-order valence-corrected chi connectivity index (χ3v) is 2.87. The molecule has 0 bridgehead atoms. The van der Waals surface area contributed by atoms with Crippen LogP contribution in [0.4, 0.5) is 4.79 Å². The molecule has 0 unspecified atom stereocenters. The molecule has 0 atom stereocenters. The minimum absolute atomic E-state index is 0.247. The molecular weight excluding hydrogens is 260 g/mol. The van der Waals surface area contributed by atoms with Crippen molar-refractivity contribution in [3.8, 4) is 0 Å². The molecule has 0 aromatic carbocycles. The van der Waals surface area contributed by atoms with Gasteiger partial charge in [-0.3, -0.25) is 0 Å². The molecule has 0 radical (unpaired) electrons. The number of nitrogens with one attached hydrogen (secondary N) is 1. The molecule has 20 heavy (non-hydrogen) atoms. The van der Waals surface area contributed by atoms with Crippen LogP contribution in [0, 0.1) is 6.92 Å². The number of ether oxygens (including phenoxy) is 1. The van der Waals surface area contributed by atoms with Crippen LogP contribution in [0.15, 0.2) is 4.52 Å². The summed E-state index contributed by atoms with van der Waals surface area (Å²) in [6, 6.07) is 0.312. The van der Waals surface area contributed by atoms with Gasteiger partial charge in [-0.1, -0.05) is 5.16 Å². The first-order valence-corrected chi connectivity index (χ1v) is 6.84. The predicted molar refractivity (Wildman–Crippen MR) is 72.3 cm³/mol. The lowest BCUT2D eigenvalue weighted by atomic mass is 10.1. The second kappa shape index (κ2) is 5.78. The zero-order valence-corrected chi connectivity index (χ0v) is 12.5. The van der Waals surface area contributed by atoms with Crippen molar-refractivity contribution in [3.05, 3.63) is 11.7 Å². The molecule has 1 N–H and O–H groups in total. The Balaban J connectivity index is 1.61. The summed E-state index contributed by atoms with van der Waals surface area (Å²) in [7, 11) is 0. The number of aryl methyl sites for hydroxylation is 1. The molecule has 1 aliphatic heterocycles. The van der Waals surface area contributed by atoms with Crippen LogP contribution in [-0.2, 0) is 11.2 Å². The number of hydrogen-bond acceptors (Lipinski definition) is 6. The predicted octanol–water partition coefficient (Wildman–Crippen LogP) is 1.13. The smallest absolute Gasteiger partial charge is 0.410 e. The maximum Gasteiger partial charge on any atom is 0.410 e. The van der Waals surface area contributed by atoms with E-state index in [-0.39, 0.29) is 6.09 Å². The zero-order chi connectivity index (χ0) is 14.8. The number of rotatable bonds is 4. The number of aromatic nitrogens is 2.